The highest BCUT2D eigenvalue weighted by molar-refractivity contribution is 7.90. The Morgan fingerprint density at radius 2 is 1.84 bits per heavy atom. The molecule has 0 spiro atoms. The first-order valence-electron chi connectivity index (χ1n) is 6.01. The zero-order valence-corrected chi connectivity index (χ0v) is 11.8. The maximum atomic E-state index is 12.2. The van der Waals surface area contributed by atoms with Crippen molar-refractivity contribution in [1.29, 1.82) is 0 Å². The number of aromatic nitrogens is 2. The quantitative estimate of drug-likeness (QED) is 0.868. The van der Waals surface area contributed by atoms with E-state index in [0.29, 0.717) is 11.4 Å². The first-order valence-corrected chi connectivity index (χ1v) is 7.66. The van der Waals surface area contributed by atoms with E-state index in [1.54, 1.807) is 29.1 Å². The second-order valence-corrected chi connectivity index (χ2v) is 6.70. The fourth-order valence-electron chi connectivity index (χ4n) is 1.70. The highest BCUT2D eigenvalue weighted by atomic mass is 32.2. The summed E-state index contributed by atoms with van der Waals surface area (Å²) < 4.78 is 26.1. The van der Waals surface area contributed by atoms with E-state index in [1.807, 2.05) is 13.8 Å². The summed E-state index contributed by atoms with van der Waals surface area (Å²) in [4.78, 5) is 0.265. The number of anilines is 1. The van der Waals surface area contributed by atoms with Crippen molar-refractivity contribution in [3.05, 3.63) is 42.2 Å². The molecule has 0 aliphatic carbocycles. The van der Waals surface area contributed by atoms with E-state index in [2.05, 4.69) is 5.10 Å². The summed E-state index contributed by atoms with van der Waals surface area (Å²) in [5, 5.41) is 4.25. The van der Waals surface area contributed by atoms with Crippen molar-refractivity contribution in [3.8, 4) is 0 Å². The van der Waals surface area contributed by atoms with Gasteiger partial charge in [-0.1, -0.05) is 0 Å². The fourth-order valence-corrected chi connectivity index (χ4v) is 2.96. The number of nitrogen functional groups attached to an aromatic ring is 1. The summed E-state index contributed by atoms with van der Waals surface area (Å²) in [6.45, 7) is 3.98. The molecule has 1 aromatic heterocycles. The lowest BCUT2D eigenvalue weighted by atomic mass is 10.3. The van der Waals surface area contributed by atoms with Crippen LogP contribution in [0, 0.1) is 0 Å². The van der Waals surface area contributed by atoms with Crippen LogP contribution in [0.4, 0.5) is 5.69 Å². The lowest BCUT2D eigenvalue weighted by molar-refractivity contribution is 0.527. The van der Waals surface area contributed by atoms with Crippen LogP contribution in [0.3, 0.4) is 0 Å². The van der Waals surface area contributed by atoms with Gasteiger partial charge in [0.05, 0.1) is 16.3 Å². The predicted octanol–water partition coefficient (Wildman–Crippen LogP) is 2.02. The van der Waals surface area contributed by atoms with Gasteiger partial charge in [-0.2, -0.15) is 5.10 Å². The highest BCUT2D eigenvalue weighted by Crippen LogP contribution is 2.17. The zero-order valence-electron chi connectivity index (χ0n) is 10.9. The molecule has 0 aliphatic heterocycles. The number of hydrogen-bond donors (Lipinski definition) is 1. The smallest absolute Gasteiger partial charge is 0.184 e. The Hall–Kier alpha value is -1.82. The number of sulfone groups is 1. The van der Waals surface area contributed by atoms with Crippen molar-refractivity contribution in [1.82, 2.24) is 9.78 Å². The van der Waals surface area contributed by atoms with Gasteiger partial charge in [-0.15, -0.1) is 0 Å². The molecule has 102 valence electrons. The van der Waals surface area contributed by atoms with Gasteiger partial charge in [0.1, 0.15) is 0 Å². The van der Waals surface area contributed by atoms with Crippen molar-refractivity contribution in [2.24, 2.45) is 0 Å². The Labute approximate surface area is 113 Å². The Bertz CT molecular complexity index is 657. The molecule has 1 aromatic carbocycles. The second kappa shape index (κ2) is 5.05. The lowest BCUT2D eigenvalue weighted by Gasteiger charge is -2.05. The van der Waals surface area contributed by atoms with E-state index < -0.39 is 9.84 Å². The number of rotatable bonds is 4. The molecule has 0 atom stereocenters. The second-order valence-electron chi connectivity index (χ2n) is 4.71. The third-order valence-corrected chi connectivity index (χ3v) is 4.44. The first-order chi connectivity index (χ1) is 8.88. The normalized spacial score (nSPS) is 11.9. The van der Waals surface area contributed by atoms with Crippen molar-refractivity contribution in [2.75, 3.05) is 5.73 Å². The summed E-state index contributed by atoms with van der Waals surface area (Å²) in [6, 6.07) is 8.15. The SMILES string of the molecule is CC(C)n1ccc(CS(=O)(=O)c2ccc(N)cc2)n1. The van der Waals surface area contributed by atoms with Gasteiger partial charge < -0.3 is 5.73 Å². The van der Waals surface area contributed by atoms with E-state index in [4.69, 9.17) is 5.73 Å². The average molecular weight is 279 g/mol. The van der Waals surface area contributed by atoms with E-state index in [1.165, 1.54) is 12.1 Å². The van der Waals surface area contributed by atoms with E-state index >= 15 is 0 Å². The topological polar surface area (TPSA) is 78.0 Å². The number of nitrogens with zero attached hydrogens (tertiary/aromatic N) is 2. The van der Waals surface area contributed by atoms with Gasteiger partial charge in [-0.3, -0.25) is 4.68 Å². The van der Waals surface area contributed by atoms with Crippen LogP contribution in [-0.2, 0) is 15.6 Å². The number of nitrogens with two attached hydrogens (primary N) is 1. The summed E-state index contributed by atoms with van der Waals surface area (Å²) in [5.74, 6) is -0.101. The monoisotopic (exact) mass is 279 g/mol. The first kappa shape index (κ1) is 13.6. The molecule has 6 heteroatoms. The molecule has 0 bridgehead atoms. The van der Waals surface area contributed by atoms with Crippen LogP contribution in [0.1, 0.15) is 25.6 Å². The van der Waals surface area contributed by atoms with Crippen LogP contribution in [0.25, 0.3) is 0 Å². The Kier molecular flexibility index (Phi) is 3.61. The number of hydrogen-bond acceptors (Lipinski definition) is 4. The van der Waals surface area contributed by atoms with Crippen LogP contribution in [0.15, 0.2) is 41.4 Å². The zero-order chi connectivity index (χ0) is 14.0. The van der Waals surface area contributed by atoms with Gasteiger partial charge in [-0.25, -0.2) is 8.42 Å². The molecule has 0 unspecified atom stereocenters. The Morgan fingerprint density at radius 1 is 1.21 bits per heavy atom. The summed E-state index contributed by atoms with van der Waals surface area (Å²) in [5.41, 5.74) is 6.64. The van der Waals surface area contributed by atoms with Gasteiger partial charge in [-0.05, 0) is 44.2 Å². The lowest BCUT2D eigenvalue weighted by Crippen LogP contribution is -2.07. The van der Waals surface area contributed by atoms with E-state index in [0.717, 1.165) is 0 Å². The predicted molar refractivity (Wildman–Crippen MR) is 74.4 cm³/mol. The van der Waals surface area contributed by atoms with Crippen molar-refractivity contribution >= 4 is 15.5 Å². The summed E-state index contributed by atoms with van der Waals surface area (Å²) in [7, 11) is -3.37. The minimum atomic E-state index is -3.37. The van der Waals surface area contributed by atoms with Gasteiger partial charge in [0.25, 0.3) is 0 Å². The van der Waals surface area contributed by atoms with E-state index in [9.17, 15) is 8.42 Å². The van der Waals surface area contributed by atoms with Crippen LogP contribution in [0.5, 0.6) is 0 Å². The summed E-state index contributed by atoms with van der Waals surface area (Å²) >= 11 is 0. The minimum Gasteiger partial charge on any atom is -0.399 e. The maximum absolute atomic E-state index is 12.2. The van der Waals surface area contributed by atoms with Crippen molar-refractivity contribution in [2.45, 2.75) is 30.5 Å². The molecular weight excluding hydrogens is 262 g/mol. The van der Waals surface area contributed by atoms with Gasteiger partial charge in [0.2, 0.25) is 0 Å². The highest BCUT2D eigenvalue weighted by Gasteiger charge is 2.17. The third kappa shape index (κ3) is 3.14. The largest absolute Gasteiger partial charge is 0.399 e. The molecule has 2 rings (SSSR count). The standard InChI is InChI=1S/C13H17N3O2S/c1-10(2)16-8-7-12(15-16)9-19(17,18)13-5-3-11(14)4-6-13/h3-8,10H,9,14H2,1-2H3. The maximum Gasteiger partial charge on any atom is 0.184 e. The Balaban J connectivity index is 2.23. The molecule has 1 heterocycles. The van der Waals surface area contributed by atoms with Crippen LogP contribution < -0.4 is 5.73 Å². The minimum absolute atomic E-state index is 0.101. The molecule has 0 radical (unpaired) electrons. The molecule has 19 heavy (non-hydrogen) atoms. The molecule has 2 aromatic rings. The van der Waals surface area contributed by atoms with Gasteiger partial charge in [0.15, 0.2) is 9.84 Å². The van der Waals surface area contributed by atoms with Crippen LogP contribution >= 0.6 is 0 Å². The average Bonchev–Trinajstić information content (AvgIpc) is 2.77. The van der Waals surface area contributed by atoms with Gasteiger partial charge >= 0.3 is 0 Å². The van der Waals surface area contributed by atoms with Crippen molar-refractivity contribution < 1.29 is 8.42 Å². The van der Waals surface area contributed by atoms with Gasteiger partial charge in [0, 0.05) is 17.9 Å². The van der Waals surface area contributed by atoms with E-state index in [-0.39, 0.29) is 16.7 Å². The third-order valence-electron chi connectivity index (χ3n) is 2.77. The molecule has 0 saturated heterocycles. The van der Waals surface area contributed by atoms with Crippen LogP contribution in [0.2, 0.25) is 0 Å². The summed E-state index contributed by atoms with van der Waals surface area (Å²) in [6.07, 6.45) is 1.79. The van der Waals surface area contributed by atoms with Crippen LogP contribution in [-0.4, -0.2) is 18.2 Å². The number of benzene rings is 1. The molecular formula is C13H17N3O2S. The molecule has 0 amide bonds. The Morgan fingerprint density at radius 3 is 2.37 bits per heavy atom. The molecule has 5 nitrogen and oxygen atoms in total. The fraction of sp³-hybridized carbons (Fsp3) is 0.308. The molecule has 0 fully saturated rings. The van der Waals surface area contributed by atoms with Crippen molar-refractivity contribution in [3.63, 3.8) is 0 Å². The molecule has 0 aliphatic rings. The molecule has 0 saturated carbocycles. The molecule has 2 N–H and O–H groups in total.